The van der Waals surface area contributed by atoms with E-state index in [-0.39, 0.29) is 17.9 Å². The largest absolute Gasteiger partial charge is 0.284 e. The lowest BCUT2D eigenvalue weighted by Gasteiger charge is -2.27. The number of anilines is 1. The molecule has 4 unspecified atom stereocenters. The molecular formula is C24H25BrCl2N4O. The molecule has 1 saturated heterocycles. The molecule has 2 fully saturated rings. The minimum absolute atomic E-state index is 0.120. The van der Waals surface area contributed by atoms with Gasteiger partial charge in [0.2, 0.25) is 0 Å². The van der Waals surface area contributed by atoms with Crippen LogP contribution >= 0.6 is 39.1 Å². The summed E-state index contributed by atoms with van der Waals surface area (Å²) < 4.78 is 1.00. The van der Waals surface area contributed by atoms with Gasteiger partial charge in [-0.25, -0.2) is 5.01 Å². The number of rotatable bonds is 4. The Hall–Kier alpha value is -1.60. The normalized spacial score (nSPS) is 27.5. The number of benzene rings is 2. The van der Waals surface area contributed by atoms with Gasteiger partial charge in [0.15, 0.2) is 0 Å². The first-order valence-corrected chi connectivity index (χ1v) is 12.6. The Morgan fingerprint density at radius 1 is 1.09 bits per heavy atom. The van der Waals surface area contributed by atoms with Gasteiger partial charge in [0.25, 0.3) is 5.91 Å². The highest BCUT2D eigenvalue weighted by Gasteiger charge is 2.42. The number of nitrogens with one attached hydrogen (secondary N) is 1. The zero-order chi connectivity index (χ0) is 22.4. The van der Waals surface area contributed by atoms with Crippen molar-refractivity contribution in [3.63, 3.8) is 0 Å². The number of carbonyl (C=O) groups excluding carboxylic acids is 1. The summed E-state index contributed by atoms with van der Waals surface area (Å²) in [7, 11) is 0. The van der Waals surface area contributed by atoms with Crippen LogP contribution in [0.2, 0.25) is 10.0 Å². The minimum Gasteiger partial charge on any atom is -0.284 e. The van der Waals surface area contributed by atoms with E-state index in [1.807, 2.05) is 30.1 Å². The highest BCUT2D eigenvalue weighted by Crippen LogP contribution is 2.43. The maximum Gasteiger partial charge on any atom is 0.282 e. The Balaban J connectivity index is 1.44. The maximum atomic E-state index is 13.3. The number of carbonyl (C=O) groups is 1. The molecule has 5 rings (SSSR count). The molecule has 0 aromatic heterocycles. The molecule has 2 aliphatic heterocycles. The quantitative estimate of drug-likeness (QED) is 0.516. The summed E-state index contributed by atoms with van der Waals surface area (Å²) in [5.41, 5.74) is 5.44. The summed E-state index contributed by atoms with van der Waals surface area (Å²) in [6.07, 6.45) is 3.85. The van der Waals surface area contributed by atoms with Crippen LogP contribution in [0.1, 0.15) is 37.8 Å². The lowest BCUT2D eigenvalue weighted by atomic mass is 9.91. The number of hydrazone groups is 1. The van der Waals surface area contributed by atoms with E-state index in [1.165, 1.54) is 19.3 Å². The van der Waals surface area contributed by atoms with E-state index in [4.69, 9.17) is 28.3 Å². The number of amides is 1. The Bertz CT molecular complexity index is 1050. The number of halogens is 3. The monoisotopic (exact) mass is 534 g/mol. The number of fused-ring (bicyclic) bond motifs is 1. The van der Waals surface area contributed by atoms with E-state index in [2.05, 4.69) is 38.5 Å². The van der Waals surface area contributed by atoms with Crippen molar-refractivity contribution in [2.24, 2.45) is 22.9 Å². The molecule has 2 aromatic rings. The Labute approximate surface area is 206 Å². The van der Waals surface area contributed by atoms with Crippen molar-refractivity contribution in [1.29, 1.82) is 0 Å². The molecule has 1 N–H and O–H groups in total. The van der Waals surface area contributed by atoms with Crippen LogP contribution in [0.4, 0.5) is 5.69 Å². The third-order valence-corrected chi connectivity index (χ3v) is 8.04. The molecule has 4 atom stereocenters. The lowest BCUT2D eigenvalue weighted by molar-refractivity contribution is -0.119. The van der Waals surface area contributed by atoms with Crippen LogP contribution in [0.5, 0.6) is 0 Å². The van der Waals surface area contributed by atoms with Crippen molar-refractivity contribution >= 4 is 56.4 Å². The van der Waals surface area contributed by atoms with E-state index < -0.39 is 0 Å². The van der Waals surface area contributed by atoms with Gasteiger partial charge >= 0.3 is 0 Å². The Morgan fingerprint density at radius 2 is 1.78 bits per heavy atom. The summed E-state index contributed by atoms with van der Waals surface area (Å²) in [5, 5.41) is 9.81. The van der Waals surface area contributed by atoms with Gasteiger partial charge in [-0.3, -0.25) is 15.2 Å². The SMILES string of the molecule is CC1C(C(=O)NN2CC3CCCC3C2)=NN(c2ccc(Cl)cc2Cl)C1c1ccc(Br)cc1. The predicted octanol–water partition coefficient (Wildman–Crippen LogP) is 6.07. The first-order valence-electron chi connectivity index (χ1n) is 11.0. The summed E-state index contributed by atoms with van der Waals surface area (Å²) in [6, 6.07) is 13.3. The molecule has 32 heavy (non-hydrogen) atoms. The third kappa shape index (κ3) is 4.18. The molecule has 5 nitrogen and oxygen atoms in total. The summed E-state index contributed by atoms with van der Waals surface area (Å²) in [6.45, 7) is 3.91. The van der Waals surface area contributed by atoms with Crippen LogP contribution in [0, 0.1) is 17.8 Å². The topological polar surface area (TPSA) is 47.9 Å². The smallest absolute Gasteiger partial charge is 0.282 e. The summed E-state index contributed by atoms with van der Waals surface area (Å²) in [4.78, 5) is 13.3. The zero-order valence-corrected chi connectivity index (χ0v) is 20.9. The van der Waals surface area contributed by atoms with Crippen LogP contribution in [-0.2, 0) is 4.79 Å². The van der Waals surface area contributed by atoms with E-state index in [0.29, 0.717) is 27.6 Å². The first kappa shape index (κ1) is 22.2. The fraction of sp³-hybridized carbons (Fsp3) is 0.417. The maximum absolute atomic E-state index is 13.3. The van der Waals surface area contributed by atoms with Gasteiger partial charge in [-0.05, 0) is 60.6 Å². The fourth-order valence-corrected chi connectivity index (χ4v) is 6.13. The Morgan fingerprint density at radius 3 is 2.44 bits per heavy atom. The summed E-state index contributed by atoms with van der Waals surface area (Å²) >= 11 is 16.2. The van der Waals surface area contributed by atoms with Gasteiger partial charge < -0.3 is 0 Å². The van der Waals surface area contributed by atoms with Crippen molar-refractivity contribution in [3.8, 4) is 0 Å². The van der Waals surface area contributed by atoms with Crippen molar-refractivity contribution < 1.29 is 4.79 Å². The molecule has 2 aromatic carbocycles. The van der Waals surface area contributed by atoms with Crippen molar-refractivity contribution in [2.45, 2.75) is 32.2 Å². The molecule has 2 heterocycles. The zero-order valence-electron chi connectivity index (χ0n) is 17.8. The van der Waals surface area contributed by atoms with Crippen molar-refractivity contribution in [1.82, 2.24) is 10.4 Å². The standard InChI is InChI=1S/C24H25BrCl2N4O/c1-14-22(24(32)29-30-12-16-3-2-4-17(16)13-30)28-31(21-10-9-19(26)11-20(21)27)23(14)15-5-7-18(25)8-6-15/h5-11,14,16-17,23H,2-4,12-13H2,1H3,(H,29,32). The number of hydrazine groups is 1. The van der Waals surface area contributed by atoms with E-state index in [1.54, 1.807) is 12.1 Å². The van der Waals surface area contributed by atoms with E-state index in [9.17, 15) is 4.79 Å². The average molecular weight is 536 g/mol. The second kappa shape index (κ2) is 8.98. The molecule has 1 amide bonds. The van der Waals surface area contributed by atoms with E-state index in [0.717, 1.165) is 28.8 Å². The number of hydrogen-bond donors (Lipinski definition) is 1. The molecule has 0 bridgehead atoms. The van der Waals surface area contributed by atoms with E-state index >= 15 is 0 Å². The minimum atomic E-state index is -0.152. The van der Waals surface area contributed by atoms with Gasteiger partial charge in [0, 0.05) is 28.5 Å². The second-order valence-corrected chi connectivity index (χ2v) is 10.8. The van der Waals surface area contributed by atoms with Gasteiger partial charge in [-0.15, -0.1) is 0 Å². The molecule has 8 heteroatoms. The summed E-state index contributed by atoms with van der Waals surface area (Å²) in [5.74, 6) is 1.16. The van der Waals surface area contributed by atoms with Crippen LogP contribution in [0.15, 0.2) is 52.0 Å². The molecular weight excluding hydrogens is 511 g/mol. The number of nitrogens with zero attached hydrogens (tertiary/aromatic N) is 3. The highest BCUT2D eigenvalue weighted by molar-refractivity contribution is 9.10. The lowest BCUT2D eigenvalue weighted by Crippen LogP contribution is -2.45. The highest BCUT2D eigenvalue weighted by atomic mass is 79.9. The fourth-order valence-electron chi connectivity index (χ4n) is 5.37. The van der Waals surface area contributed by atoms with Gasteiger partial charge in [-0.2, -0.15) is 5.10 Å². The molecule has 0 radical (unpaired) electrons. The molecule has 0 spiro atoms. The Kier molecular flexibility index (Phi) is 6.23. The molecule has 3 aliphatic rings. The molecule has 1 saturated carbocycles. The van der Waals surface area contributed by atoms with Gasteiger partial charge in [0.1, 0.15) is 5.71 Å². The van der Waals surface area contributed by atoms with Crippen LogP contribution in [0.3, 0.4) is 0 Å². The van der Waals surface area contributed by atoms with Crippen molar-refractivity contribution in [3.05, 3.63) is 62.5 Å². The average Bonchev–Trinajstić information content (AvgIpc) is 3.42. The van der Waals surface area contributed by atoms with Gasteiger partial charge in [-0.1, -0.05) is 64.6 Å². The first-order chi connectivity index (χ1) is 15.4. The third-order valence-electron chi connectivity index (χ3n) is 6.97. The molecule has 1 aliphatic carbocycles. The van der Waals surface area contributed by atoms with Crippen LogP contribution in [0.25, 0.3) is 0 Å². The van der Waals surface area contributed by atoms with Crippen LogP contribution in [-0.4, -0.2) is 29.7 Å². The predicted molar refractivity (Wildman–Crippen MR) is 133 cm³/mol. The van der Waals surface area contributed by atoms with Crippen LogP contribution < -0.4 is 10.4 Å². The second-order valence-electron chi connectivity index (χ2n) is 9.01. The number of hydrogen-bond acceptors (Lipinski definition) is 4. The van der Waals surface area contributed by atoms with Gasteiger partial charge in [0.05, 0.1) is 16.8 Å². The molecule has 168 valence electrons. The van der Waals surface area contributed by atoms with Crippen molar-refractivity contribution in [2.75, 3.05) is 18.1 Å².